The van der Waals surface area contributed by atoms with Crippen LogP contribution < -0.4 is 5.32 Å². The molecule has 0 spiro atoms. The molecular formula is C13H19F2NO. The van der Waals surface area contributed by atoms with E-state index >= 15 is 0 Å². The van der Waals surface area contributed by atoms with Crippen LogP contribution in [0, 0.1) is 11.6 Å². The molecule has 0 heterocycles. The van der Waals surface area contributed by atoms with Crippen LogP contribution in [0.2, 0.25) is 0 Å². The molecule has 0 aliphatic heterocycles. The first kappa shape index (κ1) is 13.9. The van der Waals surface area contributed by atoms with Crippen molar-refractivity contribution in [2.24, 2.45) is 0 Å². The monoisotopic (exact) mass is 243 g/mol. The molecule has 0 fully saturated rings. The third-order valence-electron chi connectivity index (χ3n) is 2.70. The molecule has 1 N–H and O–H groups in total. The van der Waals surface area contributed by atoms with E-state index in [1.54, 1.807) is 7.11 Å². The normalized spacial score (nSPS) is 13.5. The molecule has 0 saturated heterocycles. The molecule has 0 saturated carbocycles. The molecule has 1 aromatic carbocycles. The summed E-state index contributed by atoms with van der Waals surface area (Å²) in [6.07, 6.45) is 0.650. The van der Waals surface area contributed by atoms with E-state index in [1.165, 1.54) is 18.2 Å². The van der Waals surface area contributed by atoms with Gasteiger partial charge in [0, 0.05) is 13.2 Å². The van der Waals surface area contributed by atoms with E-state index in [4.69, 9.17) is 4.74 Å². The zero-order chi connectivity index (χ0) is 13.1. The quantitative estimate of drug-likeness (QED) is 0.853. The summed E-state index contributed by atoms with van der Waals surface area (Å²) < 4.78 is 32.1. The molecule has 2 nitrogen and oxygen atoms in total. The highest BCUT2D eigenvalue weighted by Crippen LogP contribution is 2.22. The highest BCUT2D eigenvalue weighted by molar-refractivity contribution is 5.46. The molecular weight excluding hydrogens is 224 g/mol. The lowest BCUT2D eigenvalue weighted by atomic mass is 9.99. The van der Waals surface area contributed by atoms with Crippen molar-refractivity contribution in [2.75, 3.05) is 12.4 Å². The Hall–Kier alpha value is -1.16. The number of rotatable bonds is 5. The highest BCUT2D eigenvalue weighted by Gasteiger charge is 2.21. The standard InChI is InChI=1S/C13H19F2NO/c1-9(8-13(2,3)17-4)16-12-10(14)6-5-7-11(12)15/h5-7,9,16H,8H2,1-4H3. The van der Waals surface area contributed by atoms with Gasteiger partial charge in [-0.1, -0.05) is 6.07 Å². The maximum absolute atomic E-state index is 13.4. The van der Waals surface area contributed by atoms with Gasteiger partial charge in [0.25, 0.3) is 0 Å². The van der Waals surface area contributed by atoms with Crippen molar-refractivity contribution in [3.05, 3.63) is 29.8 Å². The van der Waals surface area contributed by atoms with Crippen molar-refractivity contribution in [3.8, 4) is 0 Å². The maximum atomic E-state index is 13.4. The van der Waals surface area contributed by atoms with Crippen LogP contribution in [-0.2, 0) is 4.74 Å². The molecule has 17 heavy (non-hydrogen) atoms. The molecule has 0 aliphatic carbocycles. The minimum Gasteiger partial charge on any atom is -0.379 e. The minimum absolute atomic E-state index is 0.0769. The van der Waals surface area contributed by atoms with E-state index < -0.39 is 11.6 Å². The van der Waals surface area contributed by atoms with Gasteiger partial charge in [0.05, 0.1) is 5.60 Å². The number of ether oxygens (including phenoxy) is 1. The molecule has 1 unspecified atom stereocenters. The van der Waals surface area contributed by atoms with Gasteiger partial charge in [-0.25, -0.2) is 8.78 Å². The van der Waals surface area contributed by atoms with Gasteiger partial charge in [0.1, 0.15) is 17.3 Å². The Morgan fingerprint density at radius 1 is 1.29 bits per heavy atom. The molecule has 0 bridgehead atoms. The zero-order valence-corrected chi connectivity index (χ0v) is 10.7. The lowest BCUT2D eigenvalue weighted by Crippen LogP contribution is -2.31. The lowest BCUT2D eigenvalue weighted by molar-refractivity contribution is 0.0127. The third kappa shape index (κ3) is 3.97. The highest BCUT2D eigenvalue weighted by atomic mass is 19.1. The Bertz CT molecular complexity index is 359. The van der Waals surface area contributed by atoms with Crippen molar-refractivity contribution in [1.29, 1.82) is 0 Å². The van der Waals surface area contributed by atoms with Crippen LogP contribution in [-0.4, -0.2) is 18.8 Å². The summed E-state index contributed by atoms with van der Waals surface area (Å²) in [5.41, 5.74) is -0.402. The average Bonchev–Trinajstić information content (AvgIpc) is 2.23. The second kappa shape index (κ2) is 5.45. The molecule has 0 aromatic heterocycles. The molecule has 0 aliphatic rings. The SMILES string of the molecule is COC(C)(C)CC(C)Nc1c(F)cccc1F. The summed E-state index contributed by atoms with van der Waals surface area (Å²) in [6, 6.07) is 3.73. The average molecular weight is 243 g/mol. The molecule has 1 rings (SSSR count). The summed E-state index contributed by atoms with van der Waals surface area (Å²) in [4.78, 5) is 0. The van der Waals surface area contributed by atoms with Gasteiger partial charge in [-0.15, -0.1) is 0 Å². The van der Waals surface area contributed by atoms with Crippen molar-refractivity contribution in [3.63, 3.8) is 0 Å². The van der Waals surface area contributed by atoms with E-state index in [2.05, 4.69) is 5.32 Å². The molecule has 1 atom stereocenters. The van der Waals surface area contributed by atoms with Gasteiger partial charge in [-0.05, 0) is 39.3 Å². The molecule has 4 heteroatoms. The van der Waals surface area contributed by atoms with E-state index in [-0.39, 0.29) is 17.3 Å². The Balaban J connectivity index is 2.72. The summed E-state index contributed by atoms with van der Waals surface area (Å²) >= 11 is 0. The zero-order valence-electron chi connectivity index (χ0n) is 10.7. The number of hydrogen-bond donors (Lipinski definition) is 1. The lowest BCUT2D eigenvalue weighted by Gasteiger charge is -2.27. The van der Waals surface area contributed by atoms with Gasteiger partial charge in [-0.2, -0.15) is 0 Å². The van der Waals surface area contributed by atoms with E-state index in [1.807, 2.05) is 20.8 Å². The largest absolute Gasteiger partial charge is 0.379 e. The molecule has 0 radical (unpaired) electrons. The summed E-state index contributed by atoms with van der Waals surface area (Å²) in [6.45, 7) is 5.73. The van der Waals surface area contributed by atoms with Crippen molar-refractivity contribution < 1.29 is 13.5 Å². The summed E-state index contributed by atoms with van der Waals surface area (Å²) in [5, 5.41) is 2.84. The first-order chi connectivity index (χ1) is 7.85. The van der Waals surface area contributed by atoms with Crippen LogP contribution in [0.1, 0.15) is 27.2 Å². The molecule has 1 aromatic rings. The van der Waals surface area contributed by atoms with Crippen molar-refractivity contribution in [2.45, 2.75) is 38.8 Å². The van der Waals surface area contributed by atoms with Gasteiger partial charge in [0.2, 0.25) is 0 Å². The van der Waals surface area contributed by atoms with Crippen LogP contribution in [0.15, 0.2) is 18.2 Å². The van der Waals surface area contributed by atoms with Gasteiger partial charge in [0.15, 0.2) is 0 Å². The number of para-hydroxylation sites is 1. The fourth-order valence-electron chi connectivity index (χ4n) is 1.75. The van der Waals surface area contributed by atoms with Crippen LogP contribution in [0.25, 0.3) is 0 Å². The fraction of sp³-hybridized carbons (Fsp3) is 0.538. The Kier molecular flexibility index (Phi) is 4.46. The van der Waals surface area contributed by atoms with E-state index in [9.17, 15) is 8.78 Å². The fourth-order valence-corrected chi connectivity index (χ4v) is 1.75. The van der Waals surface area contributed by atoms with Crippen molar-refractivity contribution >= 4 is 5.69 Å². The number of halogens is 2. The molecule has 0 amide bonds. The second-order valence-corrected chi connectivity index (χ2v) is 4.81. The second-order valence-electron chi connectivity index (χ2n) is 4.81. The van der Waals surface area contributed by atoms with Crippen LogP contribution in [0.3, 0.4) is 0 Å². The van der Waals surface area contributed by atoms with Crippen LogP contribution >= 0.6 is 0 Å². The topological polar surface area (TPSA) is 21.3 Å². The van der Waals surface area contributed by atoms with Gasteiger partial charge < -0.3 is 10.1 Å². The Morgan fingerprint density at radius 2 is 1.82 bits per heavy atom. The first-order valence-electron chi connectivity index (χ1n) is 5.61. The van der Waals surface area contributed by atoms with Gasteiger partial charge >= 0.3 is 0 Å². The Labute approximate surface area is 101 Å². The van der Waals surface area contributed by atoms with Gasteiger partial charge in [-0.3, -0.25) is 0 Å². The number of methoxy groups -OCH3 is 1. The summed E-state index contributed by atoms with van der Waals surface area (Å²) in [7, 11) is 1.62. The number of benzene rings is 1. The van der Waals surface area contributed by atoms with E-state index in [0.29, 0.717) is 6.42 Å². The first-order valence-corrected chi connectivity index (χ1v) is 5.61. The minimum atomic E-state index is -0.577. The van der Waals surface area contributed by atoms with Crippen molar-refractivity contribution in [1.82, 2.24) is 0 Å². The Morgan fingerprint density at radius 3 is 2.29 bits per heavy atom. The number of hydrogen-bond acceptors (Lipinski definition) is 2. The predicted octanol–water partition coefficient (Wildman–Crippen LogP) is 3.58. The predicted molar refractivity (Wildman–Crippen MR) is 65.1 cm³/mol. The maximum Gasteiger partial charge on any atom is 0.149 e. The summed E-state index contributed by atoms with van der Waals surface area (Å²) in [5.74, 6) is -1.15. The number of anilines is 1. The number of nitrogens with one attached hydrogen (secondary N) is 1. The van der Waals surface area contributed by atoms with E-state index in [0.717, 1.165) is 0 Å². The van der Waals surface area contributed by atoms with Crippen LogP contribution in [0.4, 0.5) is 14.5 Å². The molecule has 96 valence electrons. The van der Waals surface area contributed by atoms with Crippen LogP contribution in [0.5, 0.6) is 0 Å². The smallest absolute Gasteiger partial charge is 0.149 e. The third-order valence-corrected chi connectivity index (χ3v) is 2.70.